The van der Waals surface area contributed by atoms with Crippen LogP contribution in [-0.2, 0) is 18.0 Å². The number of fused-ring (bicyclic) bond motifs is 1. The Kier molecular flexibility index (Phi) is 6.77. The molecule has 3 heterocycles. The van der Waals surface area contributed by atoms with Gasteiger partial charge < -0.3 is 9.47 Å². The fraction of sp³-hybridized carbons (Fsp3) is 0.407. The third-order valence-corrected chi connectivity index (χ3v) is 6.97. The summed E-state index contributed by atoms with van der Waals surface area (Å²) in [7, 11) is 1.89. The number of amides is 1. The van der Waals surface area contributed by atoms with Crippen LogP contribution in [0.2, 0.25) is 0 Å². The number of carbonyl (C=O) groups is 1. The Morgan fingerprint density at radius 2 is 1.97 bits per heavy atom. The first-order valence-electron chi connectivity index (χ1n) is 11.9. The zero-order chi connectivity index (χ0) is 26.4. The van der Waals surface area contributed by atoms with Crippen LogP contribution in [0.1, 0.15) is 61.4 Å². The smallest absolute Gasteiger partial charge is 0.336 e. The number of benzene rings is 1. The Balaban J connectivity index is 1.84. The van der Waals surface area contributed by atoms with E-state index in [1.807, 2.05) is 42.5 Å². The van der Waals surface area contributed by atoms with Gasteiger partial charge in [0.2, 0.25) is 5.91 Å². The second-order valence-corrected chi connectivity index (χ2v) is 9.35. The van der Waals surface area contributed by atoms with E-state index >= 15 is 0 Å². The molecule has 1 aromatic carbocycles. The van der Waals surface area contributed by atoms with Crippen LogP contribution in [0.25, 0.3) is 16.5 Å². The molecule has 0 aliphatic carbocycles. The summed E-state index contributed by atoms with van der Waals surface area (Å²) >= 11 is 0. The van der Waals surface area contributed by atoms with Gasteiger partial charge in [0.15, 0.2) is 5.49 Å². The zero-order valence-corrected chi connectivity index (χ0v) is 21.3. The second-order valence-electron chi connectivity index (χ2n) is 9.35. The van der Waals surface area contributed by atoms with Crippen molar-refractivity contribution in [2.45, 2.75) is 59.3 Å². The molecule has 0 bridgehead atoms. The van der Waals surface area contributed by atoms with Crippen molar-refractivity contribution >= 4 is 22.4 Å². The largest absolute Gasteiger partial charge is 0.416 e. The quantitative estimate of drug-likeness (QED) is 0.494. The molecule has 6 nitrogen and oxygen atoms in total. The van der Waals surface area contributed by atoms with Gasteiger partial charge >= 0.3 is 6.18 Å². The van der Waals surface area contributed by atoms with Gasteiger partial charge in [0, 0.05) is 31.9 Å². The zero-order valence-electron chi connectivity index (χ0n) is 21.3. The fourth-order valence-electron chi connectivity index (χ4n) is 4.86. The Labute approximate surface area is 208 Å². The van der Waals surface area contributed by atoms with Crippen LogP contribution in [0.5, 0.6) is 0 Å². The summed E-state index contributed by atoms with van der Waals surface area (Å²) in [6.45, 7) is 9.28. The topological polar surface area (TPSA) is 63.4 Å². The maximum atomic E-state index is 13.5. The maximum Gasteiger partial charge on any atom is 0.416 e. The number of rotatable bonds is 3. The summed E-state index contributed by atoms with van der Waals surface area (Å²) in [6, 6.07) is 5.55. The van der Waals surface area contributed by atoms with Crippen molar-refractivity contribution < 1.29 is 18.0 Å². The molecule has 2 atom stereocenters. The molecule has 2 aromatic heterocycles. The molecular weight excluding hydrogens is 467 g/mol. The highest BCUT2D eigenvalue weighted by atomic mass is 19.4. The Morgan fingerprint density at radius 1 is 1.25 bits per heavy atom. The van der Waals surface area contributed by atoms with Gasteiger partial charge in [0.1, 0.15) is 5.82 Å². The minimum Gasteiger partial charge on any atom is -0.336 e. The van der Waals surface area contributed by atoms with Gasteiger partial charge in [-0.15, -0.1) is 0 Å². The summed E-state index contributed by atoms with van der Waals surface area (Å²) in [5.41, 5.74) is 3.13. The van der Waals surface area contributed by atoms with Gasteiger partial charge in [-0.25, -0.2) is 4.98 Å². The lowest BCUT2D eigenvalue weighted by Crippen LogP contribution is -2.39. The second kappa shape index (κ2) is 9.52. The number of nitrogens with zero attached hydrogens (tertiary/aromatic N) is 5. The highest BCUT2D eigenvalue weighted by Gasteiger charge is 2.33. The highest BCUT2D eigenvalue weighted by molar-refractivity contribution is 5.82. The van der Waals surface area contributed by atoms with Crippen LogP contribution in [0, 0.1) is 13.8 Å². The van der Waals surface area contributed by atoms with E-state index in [9.17, 15) is 18.0 Å². The molecule has 0 saturated carbocycles. The average molecular weight is 498 g/mol. The Morgan fingerprint density at radius 3 is 2.61 bits per heavy atom. The number of pyridine rings is 1. The van der Waals surface area contributed by atoms with Gasteiger partial charge in [-0.1, -0.05) is 18.2 Å². The monoisotopic (exact) mass is 497 g/mol. The van der Waals surface area contributed by atoms with E-state index in [-0.39, 0.29) is 17.5 Å². The van der Waals surface area contributed by atoms with Gasteiger partial charge in [-0.2, -0.15) is 13.2 Å². The van der Waals surface area contributed by atoms with Gasteiger partial charge in [0.05, 0.1) is 29.0 Å². The molecule has 0 fully saturated rings. The normalized spacial score (nSPS) is 17.9. The first-order chi connectivity index (χ1) is 16.9. The lowest BCUT2D eigenvalue weighted by atomic mass is 9.97. The minimum atomic E-state index is -4.43. The lowest BCUT2D eigenvalue weighted by Gasteiger charge is -2.31. The molecule has 9 heteroatoms. The van der Waals surface area contributed by atoms with Crippen molar-refractivity contribution in [1.29, 1.82) is 0 Å². The van der Waals surface area contributed by atoms with Crippen molar-refractivity contribution in [3.05, 3.63) is 70.2 Å². The SMILES string of the molecule is CC(=O)N1CCC(c2cc3/c(=N/[C@H](C)c4cccc(C(F)(F)F)c4C)nc(C)n(C)c3cn2)=C[C@H]1C. The number of hydrogen-bond donors (Lipinski definition) is 0. The van der Waals surface area contributed by atoms with Gasteiger partial charge in [-0.3, -0.25) is 14.8 Å². The van der Waals surface area contributed by atoms with Gasteiger partial charge in [-0.05, 0) is 62.9 Å². The number of carbonyl (C=O) groups excluding carboxylic acids is 1. The molecule has 3 aromatic rings. The molecule has 0 radical (unpaired) electrons. The van der Waals surface area contributed by atoms with Crippen molar-refractivity contribution in [2.75, 3.05) is 6.54 Å². The van der Waals surface area contributed by atoms with Crippen LogP contribution >= 0.6 is 0 Å². The molecule has 0 unspecified atom stereocenters. The van der Waals surface area contributed by atoms with E-state index in [1.54, 1.807) is 26.1 Å². The van der Waals surface area contributed by atoms with Crippen molar-refractivity contribution in [3.8, 4) is 0 Å². The average Bonchev–Trinajstić information content (AvgIpc) is 2.81. The predicted octanol–water partition coefficient (Wildman–Crippen LogP) is 5.29. The Hall–Kier alpha value is -3.49. The summed E-state index contributed by atoms with van der Waals surface area (Å²) in [5, 5.41) is 0.770. The van der Waals surface area contributed by atoms with Crippen LogP contribution in [-0.4, -0.2) is 37.9 Å². The van der Waals surface area contributed by atoms with Crippen LogP contribution in [0.4, 0.5) is 13.2 Å². The summed E-state index contributed by atoms with van der Waals surface area (Å²) in [4.78, 5) is 27.8. The number of aryl methyl sites for hydroxylation is 2. The standard InChI is InChI=1S/C27H30F3N5O/c1-15-12-20(10-11-35(15)19(5)36)24-13-22-25(14-31-24)34(6)18(4)33-26(22)32-17(3)21-8-7-9-23(16(21)2)27(28,29)30/h7-9,12-15,17H,10-11H2,1-6H3/b32-26-/t15-,17-/m1/s1. The van der Waals surface area contributed by atoms with Gasteiger partial charge in [0.25, 0.3) is 0 Å². The minimum absolute atomic E-state index is 0.0379. The van der Waals surface area contributed by atoms with E-state index < -0.39 is 17.8 Å². The molecule has 0 spiro atoms. The van der Waals surface area contributed by atoms with Crippen LogP contribution in [0.3, 0.4) is 0 Å². The van der Waals surface area contributed by atoms with Crippen LogP contribution < -0.4 is 5.49 Å². The lowest BCUT2D eigenvalue weighted by molar-refractivity contribution is -0.138. The molecule has 1 aliphatic heterocycles. The number of halogens is 3. The maximum absolute atomic E-state index is 13.5. The Bertz CT molecular complexity index is 1440. The van der Waals surface area contributed by atoms with E-state index in [0.29, 0.717) is 29.8 Å². The summed E-state index contributed by atoms with van der Waals surface area (Å²) < 4.78 is 42.3. The summed E-state index contributed by atoms with van der Waals surface area (Å²) in [6.07, 6.45) is 0.0823. The van der Waals surface area contributed by atoms with Crippen molar-refractivity contribution in [2.24, 2.45) is 12.0 Å². The molecule has 0 N–H and O–H groups in total. The third-order valence-electron chi connectivity index (χ3n) is 6.97. The van der Waals surface area contributed by atoms with Crippen LogP contribution in [0.15, 0.2) is 41.5 Å². The molecule has 190 valence electrons. The van der Waals surface area contributed by atoms with E-state index in [4.69, 9.17) is 4.99 Å². The molecule has 4 rings (SSSR count). The third kappa shape index (κ3) is 4.79. The predicted molar refractivity (Wildman–Crippen MR) is 133 cm³/mol. The first-order valence-corrected chi connectivity index (χ1v) is 11.9. The molecule has 0 saturated heterocycles. The van der Waals surface area contributed by atoms with Crippen molar-refractivity contribution in [1.82, 2.24) is 19.4 Å². The van der Waals surface area contributed by atoms with Crippen molar-refractivity contribution in [3.63, 3.8) is 0 Å². The number of hydrogen-bond acceptors (Lipinski definition) is 4. The van der Waals surface area contributed by atoms with E-state index in [1.165, 1.54) is 13.0 Å². The number of alkyl halides is 3. The highest BCUT2D eigenvalue weighted by Crippen LogP contribution is 2.35. The van der Waals surface area contributed by atoms with E-state index in [0.717, 1.165) is 28.2 Å². The molecule has 1 aliphatic rings. The first kappa shape index (κ1) is 25.6. The number of aromatic nitrogens is 3. The molecule has 36 heavy (non-hydrogen) atoms. The molecular formula is C27H30F3N5O. The fourth-order valence-corrected chi connectivity index (χ4v) is 4.86. The van der Waals surface area contributed by atoms with E-state index in [2.05, 4.69) is 9.97 Å². The molecule has 1 amide bonds. The summed E-state index contributed by atoms with van der Waals surface area (Å²) in [5.74, 6) is 0.752.